The number of fused-ring (bicyclic) bond motifs is 3. The van der Waals surface area contributed by atoms with Crippen LogP contribution in [0.25, 0.3) is 66.1 Å². The second kappa shape index (κ2) is 27.6. The van der Waals surface area contributed by atoms with Crippen molar-refractivity contribution in [2.45, 2.75) is 124 Å². The Balaban J connectivity index is 0.000000128. The molecule has 12 aromatic rings. The van der Waals surface area contributed by atoms with E-state index >= 15 is 0 Å². The minimum atomic E-state index is -0.0641. The number of anilines is 3. The lowest BCUT2D eigenvalue weighted by Gasteiger charge is -2.22. The van der Waals surface area contributed by atoms with E-state index in [0.29, 0.717) is 11.8 Å². The normalized spacial score (nSPS) is 18.3. The summed E-state index contributed by atoms with van der Waals surface area (Å²) in [6, 6.07) is 54.7. The van der Waals surface area contributed by atoms with Crippen LogP contribution in [0.4, 0.5) is 17.5 Å². The monoisotopic (exact) mass is 1240 g/mol. The maximum Gasteiger partial charge on any atom is 0.230 e. The topological polar surface area (TPSA) is 173 Å². The maximum absolute atomic E-state index is 13.4. The van der Waals surface area contributed by atoms with E-state index in [1.54, 1.807) is 12.4 Å². The number of nitrogens with one attached hydrogen (secondary N) is 6. The fourth-order valence-corrected chi connectivity index (χ4v) is 15.3. The van der Waals surface area contributed by atoms with E-state index in [4.69, 9.17) is 0 Å². The molecule has 3 amide bonds. The van der Waals surface area contributed by atoms with Gasteiger partial charge in [0.2, 0.25) is 23.7 Å². The lowest BCUT2D eigenvalue weighted by Crippen LogP contribution is -2.26. The van der Waals surface area contributed by atoms with Gasteiger partial charge in [-0.25, -0.2) is 15.0 Å². The van der Waals surface area contributed by atoms with Gasteiger partial charge < -0.3 is 25.6 Å². The first-order chi connectivity index (χ1) is 45.7. The molecule has 0 spiro atoms. The van der Waals surface area contributed by atoms with Gasteiger partial charge in [0.1, 0.15) is 5.82 Å². The minimum absolute atomic E-state index is 0.0107. The lowest BCUT2D eigenvalue weighted by molar-refractivity contribution is -0.120. The van der Waals surface area contributed by atoms with E-state index in [1.807, 2.05) is 61.2 Å². The van der Waals surface area contributed by atoms with Crippen LogP contribution in [0.15, 0.2) is 195 Å². The zero-order chi connectivity index (χ0) is 65.0. The lowest BCUT2D eigenvalue weighted by atomic mass is 9.85. The summed E-state index contributed by atoms with van der Waals surface area (Å²) in [6.45, 7) is 14.8. The number of aryl methyl sites for hydroxylation is 7. The van der Waals surface area contributed by atoms with Crippen molar-refractivity contribution in [2.24, 2.45) is 17.8 Å². The highest BCUT2D eigenvalue weighted by Gasteiger charge is 2.38. The highest BCUT2D eigenvalue weighted by atomic mass is 16.2. The Hall–Kier alpha value is -10.2. The van der Waals surface area contributed by atoms with Crippen LogP contribution in [0, 0.1) is 66.2 Å². The molecular formula is C82H83N9O3. The fraction of sp³-hybridized carbons (Fsp3) is 0.268. The summed E-state index contributed by atoms with van der Waals surface area (Å²) >= 11 is 0. The molecule has 0 saturated heterocycles. The number of H-pyrrole nitrogens is 3. The van der Waals surface area contributed by atoms with Crippen LogP contribution in [-0.2, 0) is 14.4 Å². The second-order valence-corrected chi connectivity index (χ2v) is 26.4. The molecule has 3 aliphatic carbocycles. The molecule has 6 unspecified atom stereocenters. The summed E-state index contributed by atoms with van der Waals surface area (Å²) < 4.78 is 0. The van der Waals surface area contributed by atoms with E-state index in [-0.39, 0.29) is 53.2 Å². The van der Waals surface area contributed by atoms with Crippen LogP contribution in [0.2, 0.25) is 0 Å². The highest BCUT2D eigenvalue weighted by molar-refractivity contribution is 5.96. The summed E-state index contributed by atoms with van der Waals surface area (Å²) in [5.74, 6) is 1.87. The van der Waals surface area contributed by atoms with Crippen LogP contribution in [0.5, 0.6) is 0 Å². The van der Waals surface area contributed by atoms with Gasteiger partial charge in [0.05, 0.1) is 0 Å². The van der Waals surface area contributed by atoms with Crippen molar-refractivity contribution >= 4 is 67.9 Å². The SMILES string of the molecule is Cc1cc(-c2ccccc2C)ccc1NC(=O)C1CCCC1c1cc2[nH]ccc2cc1C.Cc1ccccc1-c1ccc(NC(=O)C2CCCC2c2cc3[nH]ccc3cc2C)nc1.Cc1ccccc1-c1cnc(NC(=O)C2CCCC2c2cc3[nH]ccc3cc2C)nc1. The molecule has 474 valence electrons. The van der Waals surface area contributed by atoms with E-state index < -0.39 is 0 Å². The third kappa shape index (κ3) is 13.4. The first-order valence-corrected chi connectivity index (χ1v) is 33.4. The smallest absolute Gasteiger partial charge is 0.230 e. The number of nitrogens with zero attached hydrogens (tertiary/aromatic N) is 3. The van der Waals surface area contributed by atoms with Crippen molar-refractivity contribution in [3.63, 3.8) is 0 Å². The predicted octanol–water partition coefficient (Wildman–Crippen LogP) is 19.4. The van der Waals surface area contributed by atoms with Gasteiger partial charge in [-0.1, -0.05) is 98.1 Å². The number of aromatic amines is 3. The average Bonchev–Trinajstić information content (AvgIpc) is 1.74. The molecule has 94 heavy (non-hydrogen) atoms. The third-order valence-electron chi connectivity index (χ3n) is 20.3. The minimum Gasteiger partial charge on any atom is -0.361 e. The largest absolute Gasteiger partial charge is 0.361 e. The summed E-state index contributed by atoms with van der Waals surface area (Å²) in [6.07, 6.45) is 20.4. The number of hydrogen-bond acceptors (Lipinski definition) is 6. The Bertz CT molecular complexity index is 4530. The molecular weight excluding hydrogens is 1160 g/mol. The zero-order valence-corrected chi connectivity index (χ0v) is 54.9. The Labute approximate surface area is 550 Å². The number of hydrogen-bond donors (Lipinski definition) is 6. The van der Waals surface area contributed by atoms with E-state index in [1.165, 1.54) is 82.9 Å². The van der Waals surface area contributed by atoms with Crippen LogP contribution in [0.1, 0.15) is 131 Å². The van der Waals surface area contributed by atoms with Gasteiger partial charge in [0, 0.05) is 88.3 Å². The molecule has 15 rings (SSSR count). The molecule has 0 bridgehead atoms. The van der Waals surface area contributed by atoms with E-state index in [2.05, 4.69) is 216 Å². The first kappa shape index (κ1) is 62.6. The zero-order valence-electron chi connectivity index (χ0n) is 54.9. The summed E-state index contributed by atoms with van der Waals surface area (Å²) in [4.78, 5) is 62.9. The number of amides is 3. The van der Waals surface area contributed by atoms with Crippen molar-refractivity contribution in [1.82, 2.24) is 29.9 Å². The molecule has 5 aromatic heterocycles. The molecule has 0 aliphatic heterocycles. The van der Waals surface area contributed by atoms with Gasteiger partial charge in [-0.05, 0) is 278 Å². The number of aromatic nitrogens is 6. The molecule has 12 nitrogen and oxygen atoms in total. The van der Waals surface area contributed by atoms with Gasteiger partial charge in [-0.15, -0.1) is 0 Å². The van der Waals surface area contributed by atoms with Crippen LogP contribution in [-0.4, -0.2) is 47.6 Å². The average molecular weight is 1240 g/mol. The Morgan fingerprint density at radius 1 is 0.362 bits per heavy atom. The van der Waals surface area contributed by atoms with Gasteiger partial charge in [-0.2, -0.15) is 0 Å². The van der Waals surface area contributed by atoms with Crippen molar-refractivity contribution < 1.29 is 14.4 Å². The van der Waals surface area contributed by atoms with Gasteiger partial charge in [0.25, 0.3) is 0 Å². The molecule has 12 heteroatoms. The quantitative estimate of drug-likeness (QED) is 0.0710. The maximum atomic E-state index is 13.4. The Kier molecular flexibility index (Phi) is 18.3. The van der Waals surface area contributed by atoms with Crippen LogP contribution < -0.4 is 16.0 Å². The van der Waals surface area contributed by atoms with E-state index in [9.17, 15) is 14.4 Å². The highest BCUT2D eigenvalue weighted by Crippen LogP contribution is 2.46. The number of rotatable bonds is 12. The Morgan fingerprint density at radius 3 is 1.18 bits per heavy atom. The summed E-state index contributed by atoms with van der Waals surface area (Å²) in [5, 5.41) is 12.9. The van der Waals surface area contributed by atoms with Gasteiger partial charge >= 0.3 is 0 Å². The molecule has 3 aliphatic rings. The number of carbonyl (C=O) groups excluding carboxylic acids is 3. The van der Waals surface area contributed by atoms with Gasteiger partial charge in [0.15, 0.2) is 0 Å². The van der Waals surface area contributed by atoms with Crippen molar-refractivity contribution in [2.75, 3.05) is 16.0 Å². The predicted molar refractivity (Wildman–Crippen MR) is 383 cm³/mol. The fourth-order valence-electron chi connectivity index (χ4n) is 15.3. The van der Waals surface area contributed by atoms with E-state index in [0.717, 1.165) is 102 Å². The standard InChI is InChI=1S/C29H30N2O.C27H27N3O.C26H26N4O/c1-18-7-4-5-8-23(18)21-11-12-27(20(3)16-21)31-29(32)25-10-6-9-24(25)26-17-28-22(13-14-30-28)15-19(26)2;1-17-6-3-4-7-21(17)20-10-11-26(29-16-20)30-27(31)23-9-5-8-22(23)24-15-25-19(12-13-28-25)14-18(24)2;1-16-6-3-4-7-20(16)19-14-28-26(29-15-19)30-25(31)22-9-5-8-21(22)23-13-24-18(10-11-27-24)12-17(23)2/h4-5,7-8,11-17,24-25,30H,6,9-10H2,1-3H3,(H,31,32);3-4,6-7,10-16,22-23,28H,5,8-9H2,1-2H3,(H,29,30,31);3-4,6-7,10-15,21-22,27H,5,8-9H2,1-2H3,(H,28,29,30,31). The van der Waals surface area contributed by atoms with Gasteiger partial charge in [-0.3, -0.25) is 19.7 Å². The number of pyridine rings is 1. The third-order valence-corrected chi connectivity index (χ3v) is 20.3. The summed E-state index contributed by atoms with van der Waals surface area (Å²) in [5.41, 5.74) is 23.4. The summed E-state index contributed by atoms with van der Waals surface area (Å²) in [7, 11) is 0. The number of carbonyl (C=O) groups is 3. The van der Waals surface area contributed by atoms with Crippen LogP contribution in [0.3, 0.4) is 0 Å². The van der Waals surface area contributed by atoms with Crippen LogP contribution >= 0.6 is 0 Å². The van der Waals surface area contributed by atoms with Crippen molar-refractivity contribution in [3.05, 3.63) is 251 Å². The number of benzene rings is 7. The molecule has 5 heterocycles. The van der Waals surface area contributed by atoms with Crippen molar-refractivity contribution in [3.8, 4) is 33.4 Å². The molecule has 6 N–H and O–H groups in total. The molecule has 7 aromatic carbocycles. The molecule has 3 saturated carbocycles. The molecule has 3 fully saturated rings. The molecule has 6 atom stereocenters. The Morgan fingerprint density at radius 2 is 0.755 bits per heavy atom. The second-order valence-electron chi connectivity index (χ2n) is 26.4. The first-order valence-electron chi connectivity index (χ1n) is 33.4. The molecule has 0 radical (unpaired) electrons. The van der Waals surface area contributed by atoms with Crippen molar-refractivity contribution in [1.29, 1.82) is 0 Å².